The summed E-state index contributed by atoms with van der Waals surface area (Å²) in [6, 6.07) is 7.76. The number of ether oxygens (including phenoxy) is 1. The minimum atomic E-state index is -0.521. The van der Waals surface area contributed by atoms with Crippen LogP contribution in [-0.4, -0.2) is 36.4 Å². The number of para-hydroxylation sites is 2. The van der Waals surface area contributed by atoms with Crippen LogP contribution in [0.2, 0.25) is 0 Å². The number of likely N-dealkylation sites (N-methyl/N-ethyl adjacent to an activating group) is 1. The van der Waals surface area contributed by atoms with Crippen molar-refractivity contribution >= 4 is 5.69 Å². The van der Waals surface area contributed by atoms with Gasteiger partial charge < -0.3 is 20.5 Å². The van der Waals surface area contributed by atoms with E-state index in [1.807, 2.05) is 31.3 Å². The molecule has 92 valence electrons. The monoisotopic (exact) mass is 234 g/mol. The first-order valence-corrected chi connectivity index (χ1v) is 6.10. The Labute approximate surface area is 101 Å². The van der Waals surface area contributed by atoms with Crippen LogP contribution in [0.15, 0.2) is 24.3 Å². The first-order valence-electron chi connectivity index (χ1n) is 6.10. The highest BCUT2D eigenvalue weighted by atomic mass is 16.5. The number of benzene rings is 1. The molecule has 2 aliphatic rings. The maximum atomic E-state index is 10.2. The van der Waals surface area contributed by atoms with Crippen molar-refractivity contribution in [1.29, 1.82) is 0 Å². The number of rotatable bonds is 0. The summed E-state index contributed by atoms with van der Waals surface area (Å²) in [5.74, 6) is 0.902. The molecule has 1 aliphatic carbocycles. The molecule has 0 radical (unpaired) electrons. The first kappa shape index (κ1) is 10.9. The van der Waals surface area contributed by atoms with Crippen LogP contribution in [0.4, 0.5) is 5.69 Å². The lowest BCUT2D eigenvalue weighted by Gasteiger charge is -2.47. The van der Waals surface area contributed by atoms with E-state index in [0.29, 0.717) is 0 Å². The molecule has 0 aromatic heterocycles. The van der Waals surface area contributed by atoms with Crippen molar-refractivity contribution in [2.45, 2.75) is 37.1 Å². The van der Waals surface area contributed by atoms with Crippen molar-refractivity contribution in [3.63, 3.8) is 0 Å². The van der Waals surface area contributed by atoms with Crippen LogP contribution in [0.1, 0.15) is 12.8 Å². The molecule has 0 amide bonds. The van der Waals surface area contributed by atoms with E-state index in [4.69, 9.17) is 10.5 Å². The quantitative estimate of drug-likeness (QED) is 0.695. The van der Waals surface area contributed by atoms with E-state index in [1.54, 1.807) is 0 Å². The van der Waals surface area contributed by atoms with Crippen molar-refractivity contribution in [3.05, 3.63) is 24.3 Å². The van der Waals surface area contributed by atoms with Gasteiger partial charge in [0, 0.05) is 13.1 Å². The van der Waals surface area contributed by atoms with Gasteiger partial charge in [0.15, 0.2) is 0 Å². The van der Waals surface area contributed by atoms with Gasteiger partial charge in [0.25, 0.3) is 0 Å². The van der Waals surface area contributed by atoms with Crippen molar-refractivity contribution in [3.8, 4) is 5.75 Å². The van der Waals surface area contributed by atoms with Crippen LogP contribution in [0.3, 0.4) is 0 Å². The molecule has 3 rings (SSSR count). The lowest BCUT2D eigenvalue weighted by molar-refractivity contribution is 0.00793. The summed E-state index contributed by atoms with van der Waals surface area (Å²) in [7, 11) is 2.00. The van der Waals surface area contributed by atoms with Gasteiger partial charge >= 0.3 is 0 Å². The number of hydrogen-bond acceptors (Lipinski definition) is 4. The molecule has 1 aromatic carbocycles. The molecule has 1 aromatic rings. The van der Waals surface area contributed by atoms with Crippen LogP contribution in [0.5, 0.6) is 5.75 Å². The molecule has 1 fully saturated rings. The van der Waals surface area contributed by atoms with Gasteiger partial charge in [-0.15, -0.1) is 0 Å². The highest BCUT2D eigenvalue weighted by molar-refractivity contribution is 5.61. The number of nitrogens with two attached hydrogens (primary N) is 1. The van der Waals surface area contributed by atoms with Gasteiger partial charge in [0.1, 0.15) is 11.9 Å². The highest BCUT2D eigenvalue weighted by Crippen LogP contribution is 2.39. The predicted molar refractivity (Wildman–Crippen MR) is 66.3 cm³/mol. The molecule has 4 nitrogen and oxygen atoms in total. The summed E-state index contributed by atoms with van der Waals surface area (Å²) < 4.78 is 5.97. The largest absolute Gasteiger partial charge is 0.486 e. The summed E-state index contributed by atoms with van der Waals surface area (Å²) >= 11 is 0. The van der Waals surface area contributed by atoms with Crippen LogP contribution in [0.25, 0.3) is 0 Å². The van der Waals surface area contributed by atoms with Gasteiger partial charge in [-0.2, -0.15) is 0 Å². The molecule has 17 heavy (non-hydrogen) atoms. The molecule has 1 heterocycles. The molecular weight excluding hydrogens is 216 g/mol. The van der Waals surface area contributed by atoms with E-state index in [2.05, 4.69) is 4.90 Å². The van der Waals surface area contributed by atoms with E-state index in [1.165, 1.54) is 0 Å². The molecule has 0 spiro atoms. The first-order chi connectivity index (χ1) is 8.18. The van der Waals surface area contributed by atoms with Crippen molar-refractivity contribution in [1.82, 2.24) is 0 Å². The molecule has 0 bridgehead atoms. The SMILES string of the molecule is CN1c2ccccc2O[C@@H]2CC[C@@H](N)[C@@H](O)[C@@H]21. The van der Waals surface area contributed by atoms with Gasteiger partial charge in [-0.1, -0.05) is 12.1 Å². The summed E-state index contributed by atoms with van der Waals surface area (Å²) in [5, 5.41) is 10.2. The molecule has 4 atom stereocenters. The summed E-state index contributed by atoms with van der Waals surface area (Å²) in [6.07, 6.45) is 1.25. The molecular formula is C13H18N2O2. The average Bonchev–Trinajstić information content (AvgIpc) is 2.34. The number of aliphatic hydroxyl groups is 1. The molecule has 3 N–H and O–H groups in total. The number of hydrogen-bond donors (Lipinski definition) is 2. The average molecular weight is 234 g/mol. The summed E-state index contributed by atoms with van der Waals surface area (Å²) in [5.41, 5.74) is 6.96. The Morgan fingerprint density at radius 1 is 1.35 bits per heavy atom. The second-order valence-electron chi connectivity index (χ2n) is 4.96. The van der Waals surface area contributed by atoms with Gasteiger partial charge in [0.05, 0.1) is 17.8 Å². The maximum absolute atomic E-state index is 10.2. The maximum Gasteiger partial charge on any atom is 0.143 e. The zero-order valence-corrected chi connectivity index (χ0v) is 9.91. The second-order valence-corrected chi connectivity index (χ2v) is 4.96. The fourth-order valence-corrected chi connectivity index (χ4v) is 2.95. The Balaban J connectivity index is 1.98. The van der Waals surface area contributed by atoms with Gasteiger partial charge in [-0.05, 0) is 25.0 Å². The summed E-state index contributed by atoms with van der Waals surface area (Å²) in [6.45, 7) is 0. The zero-order chi connectivity index (χ0) is 12.0. The van der Waals surface area contributed by atoms with Crippen LogP contribution >= 0.6 is 0 Å². The zero-order valence-electron chi connectivity index (χ0n) is 9.91. The highest BCUT2D eigenvalue weighted by Gasteiger charge is 2.43. The van der Waals surface area contributed by atoms with Crippen LogP contribution in [0, 0.1) is 0 Å². The van der Waals surface area contributed by atoms with Crippen LogP contribution in [-0.2, 0) is 0 Å². The smallest absolute Gasteiger partial charge is 0.143 e. The lowest BCUT2D eigenvalue weighted by Crippen LogP contribution is -2.62. The fraction of sp³-hybridized carbons (Fsp3) is 0.538. The minimum Gasteiger partial charge on any atom is -0.486 e. The Bertz CT molecular complexity index is 424. The Hall–Kier alpha value is -1.26. The lowest BCUT2D eigenvalue weighted by atomic mass is 9.84. The van der Waals surface area contributed by atoms with Crippen molar-refractivity contribution < 1.29 is 9.84 Å². The third-order valence-corrected chi connectivity index (χ3v) is 3.92. The molecule has 1 saturated carbocycles. The summed E-state index contributed by atoms with van der Waals surface area (Å²) in [4.78, 5) is 2.10. The number of fused-ring (bicyclic) bond motifs is 2. The van der Waals surface area contributed by atoms with E-state index in [9.17, 15) is 5.11 Å². The van der Waals surface area contributed by atoms with E-state index in [-0.39, 0.29) is 18.2 Å². The molecule has 4 heteroatoms. The van der Waals surface area contributed by atoms with E-state index in [0.717, 1.165) is 24.3 Å². The molecule has 0 unspecified atom stereocenters. The van der Waals surface area contributed by atoms with Gasteiger partial charge in [0.2, 0.25) is 0 Å². The Morgan fingerprint density at radius 3 is 2.94 bits per heavy atom. The van der Waals surface area contributed by atoms with Crippen LogP contribution < -0.4 is 15.4 Å². The predicted octanol–water partition coefficient (Wildman–Crippen LogP) is 0.734. The minimum absolute atomic E-state index is 0.0337. The van der Waals surface area contributed by atoms with E-state index >= 15 is 0 Å². The van der Waals surface area contributed by atoms with Gasteiger partial charge in [-0.25, -0.2) is 0 Å². The number of anilines is 1. The Morgan fingerprint density at radius 2 is 2.12 bits per heavy atom. The number of nitrogens with zero attached hydrogens (tertiary/aromatic N) is 1. The molecule has 0 saturated heterocycles. The normalized spacial score (nSPS) is 35.8. The molecule has 1 aliphatic heterocycles. The second kappa shape index (κ2) is 3.89. The topological polar surface area (TPSA) is 58.7 Å². The van der Waals surface area contributed by atoms with Crippen molar-refractivity contribution in [2.24, 2.45) is 5.73 Å². The third kappa shape index (κ3) is 1.59. The standard InChI is InChI=1S/C13H18N2O2/c1-15-9-4-2-3-5-10(9)17-11-7-6-8(14)13(16)12(11)15/h2-5,8,11-13,16H,6-7,14H2,1H3/t8-,11-,12-,13-/m1/s1. The fourth-order valence-electron chi connectivity index (χ4n) is 2.95. The van der Waals surface area contributed by atoms with Gasteiger partial charge in [-0.3, -0.25) is 0 Å². The van der Waals surface area contributed by atoms with E-state index < -0.39 is 6.10 Å². The number of aliphatic hydroxyl groups excluding tert-OH is 1. The Kier molecular flexibility index (Phi) is 2.49. The van der Waals surface area contributed by atoms with Crippen molar-refractivity contribution in [2.75, 3.05) is 11.9 Å². The third-order valence-electron chi connectivity index (χ3n) is 3.92.